The Morgan fingerprint density at radius 2 is 1.53 bits per heavy atom. The lowest BCUT2D eigenvalue weighted by atomic mass is 10.0. The van der Waals surface area contributed by atoms with Gasteiger partial charge in [0, 0.05) is 11.8 Å². The summed E-state index contributed by atoms with van der Waals surface area (Å²) in [6.07, 6.45) is 1.64. The van der Waals surface area contributed by atoms with Crippen molar-refractivity contribution >= 4 is 17.5 Å². The highest BCUT2D eigenvalue weighted by Gasteiger charge is 2.27. The number of ether oxygens (including phenoxy) is 2. The average molecular weight is 449 g/mol. The summed E-state index contributed by atoms with van der Waals surface area (Å²) >= 11 is 0. The zero-order valence-corrected chi connectivity index (χ0v) is 18.8. The maximum absolute atomic E-state index is 13.9. The topological polar surface area (TPSA) is 76.7 Å². The van der Waals surface area contributed by atoms with Gasteiger partial charge in [-0.15, -0.1) is 0 Å². The molecule has 0 saturated heterocycles. The number of hydrogen-bond acceptors (Lipinski definition) is 4. The highest BCUT2D eigenvalue weighted by molar-refractivity contribution is 6.01. The first-order valence-corrected chi connectivity index (χ1v) is 10.7. The maximum atomic E-state index is 13.9. The first kappa shape index (κ1) is 25.1. The molecule has 0 aromatic heterocycles. The van der Waals surface area contributed by atoms with E-state index in [1.165, 1.54) is 6.07 Å². The van der Waals surface area contributed by atoms with Crippen LogP contribution in [-0.2, 0) is 4.79 Å². The van der Waals surface area contributed by atoms with Crippen LogP contribution >= 0.6 is 0 Å². The molecule has 2 amide bonds. The van der Waals surface area contributed by atoms with E-state index >= 15 is 0 Å². The molecule has 1 unspecified atom stereocenters. The molecule has 2 rings (SSSR count). The molecule has 0 radical (unpaired) electrons. The second kappa shape index (κ2) is 12.0. The van der Waals surface area contributed by atoms with Crippen LogP contribution in [0.5, 0.6) is 11.5 Å². The van der Waals surface area contributed by atoms with E-state index in [9.17, 15) is 18.4 Å². The minimum Gasteiger partial charge on any atom is -0.490 e. The fraction of sp³-hybridized carbons (Fsp3) is 0.417. The fourth-order valence-electron chi connectivity index (χ4n) is 2.93. The third kappa shape index (κ3) is 6.67. The Bertz CT molecular complexity index is 914. The van der Waals surface area contributed by atoms with Gasteiger partial charge < -0.3 is 20.1 Å². The lowest BCUT2D eigenvalue weighted by Crippen LogP contribution is -2.47. The molecule has 32 heavy (non-hydrogen) atoms. The SMILES string of the molecule is CCCOc1ccc(NC(=O)C(NC(=O)c2c(F)cccc2F)C(C)C)cc1OCCC. The number of nitrogens with one attached hydrogen (secondary N) is 2. The van der Waals surface area contributed by atoms with Gasteiger partial charge in [-0.05, 0) is 43.0 Å². The molecule has 2 N–H and O–H groups in total. The van der Waals surface area contributed by atoms with Crippen molar-refractivity contribution in [3.05, 3.63) is 53.6 Å². The second-order valence-corrected chi connectivity index (χ2v) is 7.64. The van der Waals surface area contributed by atoms with Crippen molar-refractivity contribution < 1.29 is 27.8 Å². The molecule has 0 aliphatic carbocycles. The summed E-state index contributed by atoms with van der Waals surface area (Å²) in [4.78, 5) is 25.4. The van der Waals surface area contributed by atoms with E-state index in [4.69, 9.17) is 9.47 Å². The molecule has 1 atom stereocenters. The molecule has 0 heterocycles. The summed E-state index contributed by atoms with van der Waals surface area (Å²) in [5, 5.41) is 5.17. The molecule has 6 nitrogen and oxygen atoms in total. The van der Waals surface area contributed by atoms with E-state index in [1.807, 2.05) is 13.8 Å². The molecule has 2 aromatic rings. The van der Waals surface area contributed by atoms with E-state index in [2.05, 4.69) is 10.6 Å². The predicted octanol–water partition coefficient (Wildman–Crippen LogP) is 4.94. The maximum Gasteiger partial charge on any atom is 0.257 e. The van der Waals surface area contributed by atoms with Gasteiger partial charge in [0.1, 0.15) is 23.2 Å². The van der Waals surface area contributed by atoms with Gasteiger partial charge in [-0.2, -0.15) is 0 Å². The Balaban J connectivity index is 2.19. The molecule has 0 spiro atoms. The minimum atomic E-state index is -1.02. The van der Waals surface area contributed by atoms with Gasteiger partial charge in [-0.3, -0.25) is 9.59 Å². The van der Waals surface area contributed by atoms with Gasteiger partial charge in [0.15, 0.2) is 11.5 Å². The van der Waals surface area contributed by atoms with E-state index in [1.54, 1.807) is 32.0 Å². The number of rotatable bonds is 11. The van der Waals surface area contributed by atoms with Crippen LogP contribution in [0.1, 0.15) is 50.9 Å². The zero-order valence-electron chi connectivity index (χ0n) is 18.8. The van der Waals surface area contributed by atoms with Crippen LogP contribution in [0.15, 0.2) is 36.4 Å². The molecule has 0 aliphatic rings. The quantitative estimate of drug-likeness (QED) is 0.511. The molecule has 8 heteroatoms. The van der Waals surface area contributed by atoms with Crippen LogP contribution < -0.4 is 20.1 Å². The van der Waals surface area contributed by atoms with Gasteiger partial charge in [0.05, 0.1) is 13.2 Å². The van der Waals surface area contributed by atoms with Crippen LogP contribution in [0.4, 0.5) is 14.5 Å². The van der Waals surface area contributed by atoms with Crippen molar-refractivity contribution in [2.75, 3.05) is 18.5 Å². The van der Waals surface area contributed by atoms with Crippen molar-refractivity contribution in [3.8, 4) is 11.5 Å². The predicted molar refractivity (Wildman–Crippen MR) is 119 cm³/mol. The molecule has 0 saturated carbocycles. The Morgan fingerprint density at radius 1 is 0.938 bits per heavy atom. The number of carbonyl (C=O) groups is 2. The van der Waals surface area contributed by atoms with Crippen molar-refractivity contribution in [1.82, 2.24) is 5.32 Å². The Morgan fingerprint density at radius 3 is 2.09 bits per heavy atom. The van der Waals surface area contributed by atoms with Gasteiger partial charge in [0.2, 0.25) is 5.91 Å². The smallest absolute Gasteiger partial charge is 0.257 e. The van der Waals surface area contributed by atoms with Crippen LogP contribution in [-0.4, -0.2) is 31.1 Å². The summed E-state index contributed by atoms with van der Waals surface area (Å²) in [6, 6.07) is 7.14. The van der Waals surface area contributed by atoms with Crippen molar-refractivity contribution in [2.45, 2.75) is 46.6 Å². The standard InChI is InChI=1S/C24H30F2N2O4/c1-5-12-31-19-11-10-16(14-20(19)32-13-6-2)27-24(30)22(15(3)4)28-23(29)21-17(25)8-7-9-18(21)26/h7-11,14-15,22H,5-6,12-13H2,1-4H3,(H,27,30)(H,28,29). The summed E-state index contributed by atoms with van der Waals surface area (Å²) in [7, 11) is 0. The normalized spacial score (nSPS) is 11.7. The summed E-state index contributed by atoms with van der Waals surface area (Å²) < 4.78 is 39.3. The van der Waals surface area contributed by atoms with Gasteiger partial charge in [-0.25, -0.2) is 8.78 Å². The molecular formula is C24H30F2N2O4. The van der Waals surface area contributed by atoms with Crippen LogP contribution in [0.3, 0.4) is 0 Å². The van der Waals surface area contributed by atoms with Crippen molar-refractivity contribution in [3.63, 3.8) is 0 Å². The molecule has 174 valence electrons. The Labute approximate surface area is 187 Å². The van der Waals surface area contributed by atoms with Crippen LogP contribution in [0.25, 0.3) is 0 Å². The number of amides is 2. The first-order valence-electron chi connectivity index (χ1n) is 10.7. The van der Waals surface area contributed by atoms with Crippen LogP contribution in [0.2, 0.25) is 0 Å². The molecule has 2 aromatic carbocycles. The van der Waals surface area contributed by atoms with E-state index in [0.717, 1.165) is 25.0 Å². The monoisotopic (exact) mass is 448 g/mol. The van der Waals surface area contributed by atoms with Crippen molar-refractivity contribution in [2.24, 2.45) is 5.92 Å². The Kier molecular flexibility index (Phi) is 9.43. The number of halogens is 2. The largest absolute Gasteiger partial charge is 0.490 e. The second-order valence-electron chi connectivity index (χ2n) is 7.64. The highest BCUT2D eigenvalue weighted by Crippen LogP contribution is 2.31. The minimum absolute atomic E-state index is 0.336. The lowest BCUT2D eigenvalue weighted by molar-refractivity contribution is -0.118. The number of carbonyl (C=O) groups excluding carboxylic acids is 2. The lowest BCUT2D eigenvalue weighted by Gasteiger charge is -2.22. The summed E-state index contributed by atoms with van der Waals surface area (Å²) in [5.74, 6) is -2.77. The van der Waals surface area contributed by atoms with E-state index in [0.29, 0.717) is 30.4 Å². The van der Waals surface area contributed by atoms with Gasteiger partial charge in [-0.1, -0.05) is 33.8 Å². The number of anilines is 1. The third-order valence-electron chi connectivity index (χ3n) is 4.56. The number of benzene rings is 2. The summed E-state index contributed by atoms with van der Waals surface area (Å²) in [6.45, 7) is 8.43. The molecule has 0 fully saturated rings. The summed E-state index contributed by atoms with van der Waals surface area (Å²) in [5.41, 5.74) is -0.277. The van der Waals surface area contributed by atoms with Gasteiger partial charge >= 0.3 is 0 Å². The van der Waals surface area contributed by atoms with Crippen LogP contribution in [0, 0.1) is 17.6 Å². The molecule has 0 bridgehead atoms. The van der Waals surface area contributed by atoms with Gasteiger partial charge in [0.25, 0.3) is 5.91 Å². The fourth-order valence-corrected chi connectivity index (χ4v) is 2.93. The molecule has 0 aliphatic heterocycles. The number of hydrogen-bond donors (Lipinski definition) is 2. The van der Waals surface area contributed by atoms with E-state index < -0.39 is 35.1 Å². The molecular weight excluding hydrogens is 418 g/mol. The Hall–Kier alpha value is -3.16. The van der Waals surface area contributed by atoms with E-state index in [-0.39, 0.29) is 5.92 Å². The third-order valence-corrected chi connectivity index (χ3v) is 4.56. The average Bonchev–Trinajstić information content (AvgIpc) is 2.74. The van der Waals surface area contributed by atoms with Crippen molar-refractivity contribution in [1.29, 1.82) is 0 Å². The zero-order chi connectivity index (χ0) is 23.7. The highest BCUT2D eigenvalue weighted by atomic mass is 19.1. The first-order chi connectivity index (χ1) is 15.3.